The van der Waals surface area contributed by atoms with Crippen LogP contribution < -0.4 is 0 Å². The molecular formula is C22H30O2S3. The highest BCUT2D eigenvalue weighted by Gasteiger charge is 2.21. The highest BCUT2D eigenvalue weighted by atomic mass is 33.5. The Labute approximate surface area is 175 Å². The van der Waals surface area contributed by atoms with Crippen LogP contribution >= 0.6 is 31.4 Å². The van der Waals surface area contributed by atoms with Crippen LogP contribution in [0.15, 0.2) is 34.1 Å². The van der Waals surface area contributed by atoms with Crippen molar-refractivity contribution in [3.05, 3.63) is 46.5 Å². The smallest absolute Gasteiger partial charge is 0.119 e. The van der Waals surface area contributed by atoms with Crippen molar-refractivity contribution in [2.75, 3.05) is 0 Å². The van der Waals surface area contributed by atoms with Gasteiger partial charge in [0.25, 0.3) is 0 Å². The van der Waals surface area contributed by atoms with Crippen LogP contribution in [-0.4, -0.2) is 10.2 Å². The van der Waals surface area contributed by atoms with Gasteiger partial charge in [-0.15, -0.1) is 0 Å². The average molecular weight is 423 g/mol. The molecule has 0 radical (unpaired) electrons. The topological polar surface area (TPSA) is 40.5 Å². The van der Waals surface area contributed by atoms with Crippen molar-refractivity contribution < 1.29 is 10.2 Å². The fourth-order valence-electron chi connectivity index (χ4n) is 2.82. The summed E-state index contributed by atoms with van der Waals surface area (Å²) in [6, 6.07) is 7.93. The lowest BCUT2D eigenvalue weighted by Gasteiger charge is -2.22. The lowest BCUT2D eigenvalue weighted by atomic mass is 9.86. The Kier molecular flexibility index (Phi) is 6.81. The van der Waals surface area contributed by atoms with Gasteiger partial charge in [0.1, 0.15) is 11.5 Å². The predicted octanol–water partition coefficient (Wildman–Crippen LogP) is 7.76. The summed E-state index contributed by atoms with van der Waals surface area (Å²) in [4.78, 5) is 2.34. The Morgan fingerprint density at radius 2 is 0.963 bits per heavy atom. The monoisotopic (exact) mass is 422 g/mol. The molecule has 0 amide bonds. The molecule has 0 heterocycles. The summed E-state index contributed by atoms with van der Waals surface area (Å²) in [5.41, 5.74) is 3.90. The van der Waals surface area contributed by atoms with E-state index in [0.717, 1.165) is 22.3 Å². The highest BCUT2D eigenvalue weighted by Crippen LogP contribution is 2.49. The molecule has 0 aliphatic rings. The Morgan fingerprint density at radius 1 is 0.630 bits per heavy atom. The molecule has 0 aliphatic carbocycles. The van der Waals surface area contributed by atoms with Gasteiger partial charge in [0.2, 0.25) is 0 Å². The fourth-order valence-corrected chi connectivity index (χ4v) is 6.96. The van der Waals surface area contributed by atoms with Gasteiger partial charge in [0.15, 0.2) is 0 Å². The van der Waals surface area contributed by atoms with Crippen LogP contribution in [0.25, 0.3) is 0 Å². The molecule has 2 nitrogen and oxygen atoms in total. The van der Waals surface area contributed by atoms with Crippen molar-refractivity contribution in [2.24, 2.45) is 0 Å². The standard InChI is InChI=1S/C22H30O2S3/c1-13-9-17(23)15(21(3,4)5)11-19(13)25-27-26-20-12-16(22(6,7)8)18(24)10-14(20)2/h9-12,23-24H,1-8H3. The summed E-state index contributed by atoms with van der Waals surface area (Å²) in [5, 5.41) is 20.6. The maximum absolute atomic E-state index is 10.3. The molecule has 2 aromatic rings. The second kappa shape index (κ2) is 8.22. The van der Waals surface area contributed by atoms with Gasteiger partial charge in [0, 0.05) is 20.9 Å². The van der Waals surface area contributed by atoms with Crippen molar-refractivity contribution in [1.82, 2.24) is 0 Å². The molecule has 0 aromatic heterocycles. The van der Waals surface area contributed by atoms with Gasteiger partial charge >= 0.3 is 0 Å². The minimum Gasteiger partial charge on any atom is -0.508 e. The molecule has 0 unspecified atom stereocenters. The van der Waals surface area contributed by atoms with Crippen LogP contribution in [-0.2, 0) is 10.8 Å². The quantitative estimate of drug-likeness (QED) is 0.493. The number of aryl methyl sites for hydroxylation is 2. The highest BCUT2D eigenvalue weighted by molar-refractivity contribution is 9.09. The van der Waals surface area contributed by atoms with E-state index in [1.165, 1.54) is 9.79 Å². The molecule has 0 saturated heterocycles. The number of hydrogen-bond donors (Lipinski definition) is 2. The Hall–Kier alpha value is -0.910. The molecule has 2 aromatic carbocycles. The number of benzene rings is 2. The summed E-state index contributed by atoms with van der Waals surface area (Å²) in [5.74, 6) is 0.734. The fraction of sp³-hybridized carbons (Fsp3) is 0.455. The van der Waals surface area contributed by atoms with Gasteiger partial charge in [-0.1, -0.05) is 41.5 Å². The van der Waals surface area contributed by atoms with Crippen LogP contribution in [0, 0.1) is 13.8 Å². The minimum absolute atomic E-state index is 0.0972. The summed E-state index contributed by atoms with van der Waals surface area (Å²) in [6.07, 6.45) is 0. The molecule has 2 rings (SSSR count). The predicted molar refractivity (Wildman–Crippen MR) is 122 cm³/mol. The molecule has 0 saturated carbocycles. The van der Waals surface area contributed by atoms with Gasteiger partial charge in [-0.25, -0.2) is 0 Å². The van der Waals surface area contributed by atoms with Crippen molar-refractivity contribution >= 4 is 31.4 Å². The van der Waals surface area contributed by atoms with Crippen molar-refractivity contribution in [3.63, 3.8) is 0 Å². The maximum Gasteiger partial charge on any atom is 0.119 e. The third kappa shape index (κ3) is 5.55. The van der Waals surface area contributed by atoms with Gasteiger partial charge in [0.05, 0.1) is 0 Å². The number of phenolic OH excluding ortho intramolecular Hbond substituents is 2. The first-order chi connectivity index (χ1) is 12.3. The lowest BCUT2D eigenvalue weighted by Crippen LogP contribution is -2.11. The van der Waals surface area contributed by atoms with E-state index in [4.69, 9.17) is 0 Å². The number of phenols is 2. The zero-order valence-corrected chi connectivity index (χ0v) is 19.9. The zero-order valence-electron chi connectivity index (χ0n) is 17.4. The van der Waals surface area contributed by atoms with E-state index >= 15 is 0 Å². The summed E-state index contributed by atoms with van der Waals surface area (Å²) >= 11 is 0. The molecular weight excluding hydrogens is 392 g/mol. The van der Waals surface area contributed by atoms with Crippen LogP contribution in [0.2, 0.25) is 0 Å². The Morgan fingerprint density at radius 3 is 1.26 bits per heavy atom. The summed E-state index contributed by atoms with van der Waals surface area (Å²) in [7, 11) is 5.13. The van der Waals surface area contributed by atoms with Gasteiger partial charge in [-0.2, -0.15) is 0 Å². The zero-order chi connectivity index (χ0) is 20.6. The minimum atomic E-state index is -0.0972. The maximum atomic E-state index is 10.3. The SMILES string of the molecule is Cc1cc(O)c(C(C)(C)C)cc1SSSc1cc(C(C)(C)C)c(O)cc1C. The molecule has 0 aliphatic heterocycles. The molecule has 5 heteroatoms. The first kappa shape index (κ1) is 22.4. The van der Waals surface area contributed by atoms with Crippen LogP contribution in [0.1, 0.15) is 63.8 Å². The summed E-state index contributed by atoms with van der Waals surface area (Å²) < 4.78 is 0. The van der Waals surface area contributed by atoms with Crippen molar-refractivity contribution in [1.29, 1.82) is 0 Å². The van der Waals surface area contributed by atoms with Gasteiger partial charge in [-0.05, 0) is 91.5 Å². The molecule has 2 N–H and O–H groups in total. The van der Waals surface area contributed by atoms with Crippen LogP contribution in [0.3, 0.4) is 0 Å². The summed E-state index contributed by atoms with van der Waals surface area (Å²) in [6.45, 7) is 16.7. The van der Waals surface area contributed by atoms with E-state index in [2.05, 4.69) is 53.7 Å². The van der Waals surface area contributed by atoms with E-state index in [1.807, 2.05) is 26.0 Å². The number of aromatic hydroxyl groups is 2. The average Bonchev–Trinajstić information content (AvgIpc) is 2.48. The van der Waals surface area contributed by atoms with E-state index in [0.29, 0.717) is 11.5 Å². The second-order valence-corrected chi connectivity index (χ2v) is 13.0. The van der Waals surface area contributed by atoms with Crippen LogP contribution in [0.5, 0.6) is 11.5 Å². The van der Waals surface area contributed by atoms with E-state index < -0.39 is 0 Å². The van der Waals surface area contributed by atoms with E-state index in [1.54, 1.807) is 31.4 Å². The second-order valence-electron chi connectivity index (χ2n) is 9.00. The Balaban J connectivity index is 2.20. The normalized spacial score (nSPS) is 12.4. The number of rotatable bonds is 4. The van der Waals surface area contributed by atoms with Crippen LogP contribution in [0.4, 0.5) is 0 Å². The third-order valence-electron chi connectivity index (χ3n) is 4.45. The van der Waals surface area contributed by atoms with Crippen molar-refractivity contribution in [2.45, 2.75) is 76.0 Å². The molecule has 0 atom stereocenters. The van der Waals surface area contributed by atoms with Gasteiger partial charge in [-0.3, -0.25) is 0 Å². The molecule has 0 spiro atoms. The third-order valence-corrected chi connectivity index (χ3v) is 8.54. The molecule has 148 valence electrons. The molecule has 27 heavy (non-hydrogen) atoms. The van der Waals surface area contributed by atoms with Crippen molar-refractivity contribution in [3.8, 4) is 11.5 Å². The van der Waals surface area contributed by atoms with Gasteiger partial charge < -0.3 is 10.2 Å². The lowest BCUT2D eigenvalue weighted by molar-refractivity contribution is 0.444. The first-order valence-corrected chi connectivity index (χ1v) is 12.5. The molecule has 0 fully saturated rings. The molecule has 0 bridgehead atoms. The number of hydrogen-bond acceptors (Lipinski definition) is 5. The first-order valence-electron chi connectivity index (χ1n) is 9.00. The van der Waals surface area contributed by atoms with E-state index in [-0.39, 0.29) is 10.8 Å². The largest absolute Gasteiger partial charge is 0.508 e. The Bertz CT molecular complexity index is 761. The van der Waals surface area contributed by atoms with E-state index in [9.17, 15) is 10.2 Å².